The van der Waals surface area contributed by atoms with Crippen LogP contribution in [-0.4, -0.2) is 64.9 Å². The Morgan fingerprint density at radius 3 is 2.33 bits per heavy atom. The molecule has 0 aliphatic rings. The number of hydrogen-bond donors (Lipinski definition) is 2. The largest absolute Gasteiger partial charge is 0.396 e. The summed E-state index contributed by atoms with van der Waals surface area (Å²) in [7, 11) is 1.66. The molecule has 0 aromatic carbocycles. The molecule has 0 fully saturated rings. The van der Waals surface area contributed by atoms with Crippen LogP contribution in [0, 0.1) is 5.92 Å². The fourth-order valence-corrected chi connectivity index (χ4v) is 1.55. The van der Waals surface area contributed by atoms with Crippen molar-refractivity contribution in [2.24, 2.45) is 5.92 Å². The lowest BCUT2D eigenvalue weighted by molar-refractivity contribution is 0.0254. The van der Waals surface area contributed by atoms with Crippen molar-refractivity contribution < 1.29 is 19.3 Å². The molecule has 0 aromatic heterocycles. The van der Waals surface area contributed by atoms with Crippen LogP contribution >= 0.6 is 0 Å². The smallest absolute Gasteiger partial charge is 0.0701 e. The molecular weight excluding hydrogens is 234 g/mol. The van der Waals surface area contributed by atoms with Gasteiger partial charge in [-0.3, -0.25) is 0 Å². The quantitative estimate of drug-likeness (QED) is 0.451. The number of ether oxygens (including phenoxy) is 3. The molecule has 110 valence electrons. The normalized spacial score (nSPS) is 12.8. The van der Waals surface area contributed by atoms with Crippen LogP contribution < -0.4 is 5.32 Å². The number of aliphatic hydroxyl groups is 1. The third kappa shape index (κ3) is 12.3. The molecule has 0 radical (unpaired) electrons. The van der Waals surface area contributed by atoms with Gasteiger partial charge in [0, 0.05) is 20.3 Å². The van der Waals surface area contributed by atoms with Gasteiger partial charge in [-0.05, 0) is 18.9 Å². The van der Waals surface area contributed by atoms with Gasteiger partial charge in [-0.2, -0.15) is 0 Å². The molecule has 0 aliphatic heterocycles. The first-order chi connectivity index (χ1) is 8.85. The fourth-order valence-electron chi connectivity index (χ4n) is 1.55. The molecule has 1 unspecified atom stereocenters. The van der Waals surface area contributed by atoms with Crippen molar-refractivity contribution in [2.75, 3.05) is 59.8 Å². The minimum absolute atomic E-state index is 0.273. The van der Waals surface area contributed by atoms with Crippen LogP contribution in [0.15, 0.2) is 0 Å². The van der Waals surface area contributed by atoms with Crippen molar-refractivity contribution >= 4 is 0 Å². The van der Waals surface area contributed by atoms with Gasteiger partial charge >= 0.3 is 0 Å². The lowest BCUT2D eigenvalue weighted by Crippen LogP contribution is -2.27. The molecule has 18 heavy (non-hydrogen) atoms. The van der Waals surface area contributed by atoms with Crippen LogP contribution in [0.25, 0.3) is 0 Å². The number of rotatable bonds is 14. The van der Waals surface area contributed by atoms with Crippen LogP contribution in [0.4, 0.5) is 0 Å². The van der Waals surface area contributed by atoms with E-state index in [2.05, 4.69) is 12.2 Å². The van der Waals surface area contributed by atoms with E-state index in [1.54, 1.807) is 7.11 Å². The van der Waals surface area contributed by atoms with Crippen LogP contribution in [0.1, 0.15) is 19.8 Å². The van der Waals surface area contributed by atoms with Crippen molar-refractivity contribution in [3.8, 4) is 0 Å². The average Bonchev–Trinajstić information content (AvgIpc) is 2.39. The summed E-state index contributed by atoms with van der Waals surface area (Å²) >= 11 is 0. The van der Waals surface area contributed by atoms with E-state index >= 15 is 0 Å². The summed E-state index contributed by atoms with van der Waals surface area (Å²) in [5, 5.41) is 12.2. The molecule has 5 nitrogen and oxygen atoms in total. The maximum absolute atomic E-state index is 8.85. The number of methoxy groups -OCH3 is 1. The van der Waals surface area contributed by atoms with E-state index in [9.17, 15) is 0 Å². The van der Waals surface area contributed by atoms with Crippen LogP contribution in [0.3, 0.4) is 0 Å². The molecule has 0 heterocycles. The zero-order valence-corrected chi connectivity index (χ0v) is 11.8. The minimum atomic E-state index is 0.273. The van der Waals surface area contributed by atoms with Crippen molar-refractivity contribution in [2.45, 2.75) is 19.8 Å². The first kappa shape index (κ1) is 17.8. The van der Waals surface area contributed by atoms with Gasteiger partial charge in [0.25, 0.3) is 0 Å². The summed E-state index contributed by atoms with van der Waals surface area (Å²) in [5.74, 6) is 0.562. The molecule has 0 rings (SSSR count). The topological polar surface area (TPSA) is 60.0 Å². The molecule has 1 atom stereocenters. The van der Waals surface area contributed by atoms with E-state index in [-0.39, 0.29) is 6.61 Å². The Balaban J connectivity index is 3.10. The van der Waals surface area contributed by atoms with Crippen LogP contribution in [0.2, 0.25) is 0 Å². The highest BCUT2D eigenvalue weighted by atomic mass is 16.5. The highest BCUT2D eigenvalue weighted by molar-refractivity contribution is 4.59. The van der Waals surface area contributed by atoms with Gasteiger partial charge in [0.05, 0.1) is 33.0 Å². The Morgan fingerprint density at radius 2 is 1.72 bits per heavy atom. The summed E-state index contributed by atoms with van der Waals surface area (Å²) in [4.78, 5) is 0. The van der Waals surface area contributed by atoms with Gasteiger partial charge in [0.15, 0.2) is 0 Å². The second kappa shape index (κ2) is 14.9. The molecule has 2 N–H and O–H groups in total. The summed E-state index contributed by atoms with van der Waals surface area (Å²) in [6, 6.07) is 0. The third-order valence-corrected chi connectivity index (χ3v) is 2.77. The first-order valence-corrected chi connectivity index (χ1v) is 6.81. The van der Waals surface area contributed by atoms with Gasteiger partial charge in [-0.15, -0.1) is 0 Å². The first-order valence-electron chi connectivity index (χ1n) is 6.81. The Kier molecular flexibility index (Phi) is 14.7. The highest BCUT2D eigenvalue weighted by Crippen LogP contribution is 2.04. The van der Waals surface area contributed by atoms with E-state index < -0.39 is 0 Å². The van der Waals surface area contributed by atoms with Gasteiger partial charge in [-0.25, -0.2) is 0 Å². The van der Waals surface area contributed by atoms with E-state index in [0.717, 1.165) is 25.9 Å². The number of nitrogens with one attached hydrogen (secondary N) is 1. The zero-order valence-electron chi connectivity index (χ0n) is 11.8. The van der Waals surface area contributed by atoms with Gasteiger partial charge in [-0.1, -0.05) is 13.3 Å². The summed E-state index contributed by atoms with van der Waals surface area (Å²) in [6.07, 6.45) is 1.97. The zero-order chi connectivity index (χ0) is 13.5. The maximum atomic E-state index is 8.85. The van der Waals surface area contributed by atoms with E-state index in [1.165, 1.54) is 0 Å². The Labute approximate surface area is 111 Å². The second-order valence-corrected chi connectivity index (χ2v) is 4.21. The average molecular weight is 263 g/mol. The Hall–Kier alpha value is -0.200. The van der Waals surface area contributed by atoms with Gasteiger partial charge < -0.3 is 24.6 Å². The van der Waals surface area contributed by atoms with Crippen molar-refractivity contribution in [1.82, 2.24) is 5.32 Å². The van der Waals surface area contributed by atoms with E-state index in [4.69, 9.17) is 19.3 Å². The SMILES string of the molecule is CCC(CCO)CNCCOCCOCCOC. The standard InChI is InChI=1S/C13H29NO4/c1-3-13(4-6-15)12-14-5-7-17-10-11-18-9-8-16-2/h13-15H,3-12H2,1-2H3. The highest BCUT2D eigenvalue weighted by Gasteiger charge is 2.03. The van der Waals surface area contributed by atoms with Crippen LogP contribution in [0.5, 0.6) is 0 Å². The minimum Gasteiger partial charge on any atom is -0.396 e. The lowest BCUT2D eigenvalue weighted by Gasteiger charge is -2.14. The lowest BCUT2D eigenvalue weighted by atomic mass is 10.0. The third-order valence-electron chi connectivity index (χ3n) is 2.77. The molecule has 0 aliphatic carbocycles. The number of hydrogen-bond acceptors (Lipinski definition) is 5. The molecular formula is C13H29NO4. The molecule has 0 saturated heterocycles. The molecule has 0 spiro atoms. The van der Waals surface area contributed by atoms with Crippen molar-refractivity contribution in [3.63, 3.8) is 0 Å². The van der Waals surface area contributed by atoms with Crippen molar-refractivity contribution in [1.29, 1.82) is 0 Å². The molecule has 0 amide bonds. The predicted molar refractivity (Wildman–Crippen MR) is 71.9 cm³/mol. The van der Waals surface area contributed by atoms with Gasteiger partial charge in [0.2, 0.25) is 0 Å². The Bertz CT molecular complexity index is 158. The predicted octanol–water partition coefficient (Wildman–Crippen LogP) is 0.664. The molecule has 5 heteroatoms. The fraction of sp³-hybridized carbons (Fsp3) is 1.00. The summed E-state index contributed by atoms with van der Waals surface area (Å²) in [5.41, 5.74) is 0. The van der Waals surface area contributed by atoms with E-state index in [1.807, 2.05) is 0 Å². The summed E-state index contributed by atoms with van der Waals surface area (Å²) < 4.78 is 15.5. The number of aliphatic hydroxyl groups excluding tert-OH is 1. The maximum Gasteiger partial charge on any atom is 0.0701 e. The van der Waals surface area contributed by atoms with E-state index in [0.29, 0.717) is 39.0 Å². The van der Waals surface area contributed by atoms with Crippen molar-refractivity contribution in [3.05, 3.63) is 0 Å². The second-order valence-electron chi connectivity index (χ2n) is 4.21. The van der Waals surface area contributed by atoms with Crippen LogP contribution in [-0.2, 0) is 14.2 Å². The summed E-state index contributed by atoms with van der Waals surface area (Å²) in [6.45, 7) is 7.41. The molecule has 0 aromatic rings. The monoisotopic (exact) mass is 263 g/mol. The molecule has 0 bridgehead atoms. The van der Waals surface area contributed by atoms with Gasteiger partial charge in [0.1, 0.15) is 0 Å². The Morgan fingerprint density at radius 1 is 1.06 bits per heavy atom. The molecule has 0 saturated carbocycles.